The Morgan fingerprint density at radius 1 is 1.15 bits per heavy atom. The van der Waals surface area contributed by atoms with E-state index in [2.05, 4.69) is 4.74 Å². The molecule has 0 aliphatic carbocycles. The van der Waals surface area contributed by atoms with Crippen molar-refractivity contribution in [3.8, 4) is 11.5 Å². The van der Waals surface area contributed by atoms with Gasteiger partial charge in [0.25, 0.3) is 0 Å². The largest absolute Gasteiger partial charge is 0.496 e. The van der Waals surface area contributed by atoms with Crippen LogP contribution in [0.3, 0.4) is 0 Å². The maximum absolute atomic E-state index is 11.2. The monoisotopic (exact) mass is 284 g/mol. The molecule has 2 N–H and O–H groups in total. The number of hydrogen-bond acceptors (Lipinski definition) is 7. The molecule has 0 aliphatic rings. The van der Waals surface area contributed by atoms with Crippen molar-refractivity contribution in [1.29, 1.82) is 0 Å². The van der Waals surface area contributed by atoms with Gasteiger partial charge in [-0.15, -0.1) is 0 Å². The first-order valence-corrected chi connectivity index (χ1v) is 5.65. The Balaban J connectivity index is 3.28. The van der Waals surface area contributed by atoms with Gasteiger partial charge in [-0.2, -0.15) is 0 Å². The van der Waals surface area contributed by atoms with Crippen molar-refractivity contribution >= 4 is 12.3 Å². The van der Waals surface area contributed by atoms with E-state index in [9.17, 15) is 19.8 Å². The SMILES string of the molecule is COC(=O)C(O)C(O)c1cc(OC)c(C=O)cc1OC. The van der Waals surface area contributed by atoms with Crippen molar-refractivity contribution in [2.45, 2.75) is 12.2 Å². The minimum atomic E-state index is -1.78. The van der Waals surface area contributed by atoms with Gasteiger partial charge in [0.2, 0.25) is 0 Å². The number of carbonyl (C=O) groups is 2. The Labute approximate surface area is 115 Å². The highest BCUT2D eigenvalue weighted by Crippen LogP contribution is 2.33. The van der Waals surface area contributed by atoms with Gasteiger partial charge in [0.05, 0.1) is 26.9 Å². The molecular weight excluding hydrogens is 268 g/mol. The van der Waals surface area contributed by atoms with Gasteiger partial charge in [0.15, 0.2) is 12.4 Å². The summed E-state index contributed by atoms with van der Waals surface area (Å²) < 4.78 is 14.4. The van der Waals surface area contributed by atoms with Gasteiger partial charge in [-0.3, -0.25) is 4.79 Å². The van der Waals surface area contributed by atoms with E-state index in [1.807, 2.05) is 0 Å². The van der Waals surface area contributed by atoms with Gasteiger partial charge in [-0.25, -0.2) is 4.79 Å². The highest BCUT2D eigenvalue weighted by atomic mass is 16.5. The fourth-order valence-electron chi connectivity index (χ4n) is 1.69. The van der Waals surface area contributed by atoms with Crippen molar-refractivity contribution in [2.24, 2.45) is 0 Å². The molecule has 20 heavy (non-hydrogen) atoms. The molecule has 0 heterocycles. The predicted octanol–water partition coefficient (Wildman–Crippen LogP) is 0.0836. The zero-order valence-corrected chi connectivity index (χ0v) is 11.3. The first-order valence-electron chi connectivity index (χ1n) is 5.65. The highest BCUT2D eigenvalue weighted by molar-refractivity contribution is 5.81. The fraction of sp³-hybridized carbons (Fsp3) is 0.385. The molecule has 7 nitrogen and oxygen atoms in total. The van der Waals surface area contributed by atoms with Crippen LogP contribution in [0.2, 0.25) is 0 Å². The Kier molecular flexibility index (Phi) is 5.48. The van der Waals surface area contributed by atoms with Gasteiger partial charge < -0.3 is 24.4 Å². The Bertz CT molecular complexity index is 498. The number of rotatable bonds is 6. The van der Waals surface area contributed by atoms with Gasteiger partial charge >= 0.3 is 5.97 Å². The fourth-order valence-corrected chi connectivity index (χ4v) is 1.69. The van der Waals surface area contributed by atoms with E-state index in [-0.39, 0.29) is 22.6 Å². The van der Waals surface area contributed by atoms with Crippen LogP contribution in [0.1, 0.15) is 22.0 Å². The van der Waals surface area contributed by atoms with Crippen molar-refractivity contribution < 1.29 is 34.0 Å². The summed E-state index contributed by atoms with van der Waals surface area (Å²) in [6.07, 6.45) is -2.79. The third-order valence-electron chi connectivity index (χ3n) is 2.77. The maximum Gasteiger partial charge on any atom is 0.337 e. The number of benzene rings is 1. The topological polar surface area (TPSA) is 102 Å². The minimum Gasteiger partial charge on any atom is -0.496 e. The summed E-state index contributed by atoms with van der Waals surface area (Å²) in [6, 6.07) is 2.66. The number of aliphatic hydroxyl groups excluding tert-OH is 2. The first-order chi connectivity index (χ1) is 9.49. The van der Waals surface area contributed by atoms with Crippen LogP contribution < -0.4 is 9.47 Å². The molecule has 0 aliphatic heterocycles. The van der Waals surface area contributed by atoms with Gasteiger partial charge in [0.1, 0.15) is 17.6 Å². The molecule has 0 fully saturated rings. The van der Waals surface area contributed by atoms with E-state index in [4.69, 9.17) is 9.47 Å². The average molecular weight is 284 g/mol. The van der Waals surface area contributed by atoms with Crippen LogP contribution >= 0.6 is 0 Å². The Hall–Kier alpha value is -2.12. The summed E-state index contributed by atoms with van der Waals surface area (Å²) >= 11 is 0. The molecule has 0 saturated carbocycles. The smallest absolute Gasteiger partial charge is 0.337 e. The lowest BCUT2D eigenvalue weighted by molar-refractivity contribution is -0.156. The molecule has 0 radical (unpaired) electrons. The third-order valence-corrected chi connectivity index (χ3v) is 2.77. The standard InChI is InChI=1S/C13H16O7/c1-18-9-5-8(10(19-2)4-7(9)6-14)11(15)12(16)13(17)20-3/h4-6,11-12,15-16H,1-3H3. The summed E-state index contributed by atoms with van der Waals surface area (Å²) in [6.45, 7) is 0. The normalized spacial score (nSPS) is 13.2. The molecule has 2 unspecified atom stereocenters. The van der Waals surface area contributed by atoms with Crippen molar-refractivity contribution in [3.05, 3.63) is 23.3 Å². The Morgan fingerprint density at radius 2 is 1.75 bits per heavy atom. The third kappa shape index (κ3) is 3.06. The molecule has 1 rings (SSSR count). The van der Waals surface area contributed by atoms with Crippen LogP contribution in [-0.2, 0) is 9.53 Å². The number of hydrogen-bond donors (Lipinski definition) is 2. The second kappa shape index (κ2) is 6.88. The molecule has 7 heteroatoms. The molecular formula is C13H16O7. The first kappa shape index (κ1) is 15.9. The van der Waals surface area contributed by atoms with Gasteiger partial charge in [-0.05, 0) is 12.1 Å². The van der Waals surface area contributed by atoms with Crippen LogP contribution in [0, 0.1) is 0 Å². The molecule has 1 aromatic rings. The number of ether oxygens (including phenoxy) is 3. The molecule has 2 atom stereocenters. The van der Waals surface area contributed by atoms with E-state index in [0.29, 0.717) is 6.29 Å². The van der Waals surface area contributed by atoms with E-state index < -0.39 is 18.2 Å². The highest BCUT2D eigenvalue weighted by Gasteiger charge is 2.29. The lowest BCUT2D eigenvalue weighted by atomic mass is 10.0. The van der Waals surface area contributed by atoms with Crippen molar-refractivity contribution in [3.63, 3.8) is 0 Å². The van der Waals surface area contributed by atoms with Gasteiger partial charge in [0, 0.05) is 5.56 Å². The molecule has 0 bridgehead atoms. The second-order valence-corrected chi connectivity index (χ2v) is 3.87. The van der Waals surface area contributed by atoms with Crippen molar-refractivity contribution in [2.75, 3.05) is 21.3 Å². The summed E-state index contributed by atoms with van der Waals surface area (Å²) in [5, 5.41) is 19.7. The summed E-state index contributed by atoms with van der Waals surface area (Å²) in [5.74, 6) is -0.659. The van der Waals surface area contributed by atoms with E-state index in [1.165, 1.54) is 26.4 Å². The van der Waals surface area contributed by atoms with E-state index in [0.717, 1.165) is 7.11 Å². The maximum atomic E-state index is 11.2. The number of esters is 1. The molecule has 110 valence electrons. The van der Waals surface area contributed by atoms with E-state index >= 15 is 0 Å². The predicted molar refractivity (Wildman–Crippen MR) is 67.9 cm³/mol. The zero-order valence-electron chi connectivity index (χ0n) is 11.3. The summed E-state index contributed by atoms with van der Waals surface area (Å²) in [4.78, 5) is 22.1. The molecule has 1 aromatic carbocycles. The van der Waals surface area contributed by atoms with Gasteiger partial charge in [-0.1, -0.05) is 0 Å². The van der Waals surface area contributed by atoms with Crippen LogP contribution in [0.15, 0.2) is 12.1 Å². The lowest BCUT2D eigenvalue weighted by Crippen LogP contribution is -2.29. The number of aliphatic hydroxyl groups is 2. The van der Waals surface area contributed by atoms with Crippen LogP contribution in [0.4, 0.5) is 0 Å². The van der Waals surface area contributed by atoms with Crippen molar-refractivity contribution in [1.82, 2.24) is 0 Å². The molecule has 0 aromatic heterocycles. The molecule has 0 saturated heterocycles. The van der Waals surface area contributed by atoms with Crippen LogP contribution in [-0.4, -0.2) is 49.9 Å². The van der Waals surface area contributed by atoms with Crippen LogP contribution in [0.25, 0.3) is 0 Å². The quantitative estimate of drug-likeness (QED) is 0.563. The number of carbonyl (C=O) groups excluding carboxylic acids is 2. The lowest BCUT2D eigenvalue weighted by Gasteiger charge is -2.19. The number of aldehydes is 1. The second-order valence-electron chi connectivity index (χ2n) is 3.87. The zero-order chi connectivity index (χ0) is 15.3. The molecule has 0 spiro atoms. The average Bonchev–Trinajstić information content (AvgIpc) is 2.50. The number of methoxy groups -OCH3 is 3. The summed E-state index contributed by atoms with van der Waals surface area (Å²) in [5.41, 5.74) is 0.320. The summed E-state index contributed by atoms with van der Waals surface area (Å²) in [7, 11) is 3.77. The molecule has 0 amide bonds. The van der Waals surface area contributed by atoms with E-state index in [1.54, 1.807) is 0 Å². The Morgan fingerprint density at radius 3 is 2.20 bits per heavy atom. The minimum absolute atomic E-state index is 0.104. The van der Waals surface area contributed by atoms with Crippen LogP contribution in [0.5, 0.6) is 11.5 Å².